The standard InChI is InChI=1S/C19H32O8/c1-4-18(21)26-13-16(20)12-24-10-8-6-7-9-11-25-14-17(23-3)15-27-19(22)5-2/h4-5,16-17,20H,1-2,6-15H2,3H3. The zero-order chi connectivity index (χ0) is 20.3. The summed E-state index contributed by atoms with van der Waals surface area (Å²) in [7, 11) is 1.54. The maximum Gasteiger partial charge on any atom is 0.330 e. The Morgan fingerprint density at radius 3 is 1.89 bits per heavy atom. The number of hydrogen-bond acceptors (Lipinski definition) is 8. The second-order valence-corrected chi connectivity index (χ2v) is 5.74. The van der Waals surface area contributed by atoms with Gasteiger partial charge in [0.05, 0.1) is 13.2 Å². The maximum atomic E-state index is 11.0. The average molecular weight is 388 g/mol. The highest BCUT2D eigenvalue weighted by molar-refractivity contribution is 5.81. The van der Waals surface area contributed by atoms with Crippen molar-refractivity contribution in [3.05, 3.63) is 25.3 Å². The molecule has 27 heavy (non-hydrogen) atoms. The SMILES string of the molecule is C=CC(=O)OCC(O)COCCCCCCOCC(COC(=O)C=C)OC. The molecule has 0 aliphatic carbocycles. The summed E-state index contributed by atoms with van der Waals surface area (Å²) in [6.45, 7) is 8.25. The number of esters is 2. The Bertz CT molecular complexity index is 424. The number of rotatable bonds is 18. The van der Waals surface area contributed by atoms with Crippen molar-refractivity contribution < 1.29 is 38.4 Å². The van der Waals surface area contributed by atoms with E-state index in [2.05, 4.69) is 13.2 Å². The molecule has 0 heterocycles. The van der Waals surface area contributed by atoms with Gasteiger partial charge in [-0.05, 0) is 12.8 Å². The molecule has 8 nitrogen and oxygen atoms in total. The Kier molecular flexibility index (Phi) is 16.5. The van der Waals surface area contributed by atoms with Gasteiger partial charge in [-0.15, -0.1) is 0 Å². The summed E-state index contributed by atoms with van der Waals surface area (Å²) in [6, 6.07) is 0. The first-order valence-electron chi connectivity index (χ1n) is 8.98. The molecule has 8 heteroatoms. The number of aliphatic hydroxyl groups is 1. The molecular weight excluding hydrogens is 356 g/mol. The van der Waals surface area contributed by atoms with Gasteiger partial charge in [-0.25, -0.2) is 9.59 Å². The zero-order valence-electron chi connectivity index (χ0n) is 16.1. The number of hydrogen-bond donors (Lipinski definition) is 1. The van der Waals surface area contributed by atoms with Gasteiger partial charge in [0.2, 0.25) is 0 Å². The zero-order valence-corrected chi connectivity index (χ0v) is 16.1. The van der Waals surface area contributed by atoms with Crippen LogP contribution in [0.4, 0.5) is 0 Å². The Morgan fingerprint density at radius 1 is 0.852 bits per heavy atom. The number of aliphatic hydroxyl groups excluding tert-OH is 1. The van der Waals surface area contributed by atoms with E-state index in [1.807, 2.05) is 0 Å². The number of ether oxygens (including phenoxy) is 5. The monoisotopic (exact) mass is 388 g/mol. The third-order valence-corrected chi connectivity index (χ3v) is 3.44. The van der Waals surface area contributed by atoms with Gasteiger partial charge in [0, 0.05) is 32.5 Å². The highest BCUT2D eigenvalue weighted by Gasteiger charge is 2.10. The Balaban J connectivity index is 3.43. The molecule has 0 saturated carbocycles. The number of methoxy groups -OCH3 is 1. The fourth-order valence-electron chi connectivity index (χ4n) is 1.90. The van der Waals surface area contributed by atoms with E-state index < -0.39 is 18.0 Å². The molecule has 0 aromatic carbocycles. The van der Waals surface area contributed by atoms with Crippen LogP contribution in [-0.4, -0.2) is 76.0 Å². The lowest BCUT2D eigenvalue weighted by Crippen LogP contribution is -2.25. The molecule has 0 saturated heterocycles. The van der Waals surface area contributed by atoms with Crippen LogP contribution in [0, 0.1) is 0 Å². The first-order valence-corrected chi connectivity index (χ1v) is 8.98. The molecule has 0 aromatic heterocycles. The largest absolute Gasteiger partial charge is 0.460 e. The fraction of sp³-hybridized carbons (Fsp3) is 0.684. The van der Waals surface area contributed by atoms with E-state index in [4.69, 9.17) is 23.7 Å². The summed E-state index contributed by atoms with van der Waals surface area (Å²) in [5.74, 6) is -1.05. The molecule has 1 N–H and O–H groups in total. The van der Waals surface area contributed by atoms with E-state index >= 15 is 0 Å². The van der Waals surface area contributed by atoms with Crippen LogP contribution in [0.1, 0.15) is 25.7 Å². The number of carbonyl (C=O) groups is 2. The van der Waals surface area contributed by atoms with Crippen molar-refractivity contribution >= 4 is 11.9 Å². The van der Waals surface area contributed by atoms with Gasteiger partial charge in [-0.2, -0.15) is 0 Å². The Hall–Kier alpha value is -1.74. The third-order valence-electron chi connectivity index (χ3n) is 3.44. The van der Waals surface area contributed by atoms with E-state index in [-0.39, 0.29) is 25.9 Å². The molecule has 0 aliphatic rings. The van der Waals surface area contributed by atoms with E-state index in [1.54, 1.807) is 0 Å². The van der Waals surface area contributed by atoms with Crippen molar-refractivity contribution in [1.29, 1.82) is 0 Å². The highest BCUT2D eigenvalue weighted by Crippen LogP contribution is 2.02. The molecular formula is C19H32O8. The van der Waals surface area contributed by atoms with Crippen LogP contribution >= 0.6 is 0 Å². The number of unbranched alkanes of at least 4 members (excludes halogenated alkanes) is 3. The van der Waals surface area contributed by atoms with Gasteiger partial charge in [0.1, 0.15) is 25.4 Å². The van der Waals surface area contributed by atoms with Crippen LogP contribution < -0.4 is 0 Å². The Morgan fingerprint density at radius 2 is 1.37 bits per heavy atom. The van der Waals surface area contributed by atoms with Crippen LogP contribution in [0.5, 0.6) is 0 Å². The van der Waals surface area contributed by atoms with Gasteiger partial charge < -0.3 is 28.8 Å². The van der Waals surface area contributed by atoms with Gasteiger partial charge in [-0.1, -0.05) is 26.0 Å². The molecule has 0 aliphatic heterocycles. The molecule has 0 fully saturated rings. The summed E-state index contributed by atoms with van der Waals surface area (Å²) in [4.78, 5) is 21.8. The molecule has 0 spiro atoms. The quantitative estimate of drug-likeness (QED) is 0.214. The van der Waals surface area contributed by atoms with E-state index in [9.17, 15) is 14.7 Å². The lowest BCUT2D eigenvalue weighted by molar-refractivity contribution is -0.143. The van der Waals surface area contributed by atoms with Crippen molar-refractivity contribution in [1.82, 2.24) is 0 Å². The minimum Gasteiger partial charge on any atom is -0.460 e. The molecule has 0 bridgehead atoms. The molecule has 0 amide bonds. The van der Waals surface area contributed by atoms with E-state index in [0.717, 1.165) is 37.8 Å². The van der Waals surface area contributed by atoms with Gasteiger partial charge in [0.25, 0.3) is 0 Å². The third kappa shape index (κ3) is 16.2. The van der Waals surface area contributed by atoms with Gasteiger partial charge >= 0.3 is 11.9 Å². The predicted molar refractivity (Wildman–Crippen MR) is 99.2 cm³/mol. The van der Waals surface area contributed by atoms with Crippen LogP contribution in [0.15, 0.2) is 25.3 Å². The smallest absolute Gasteiger partial charge is 0.330 e. The molecule has 0 aromatic rings. The minimum absolute atomic E-state index is 0.0998. The van der Waals surface area contributed by atoms with Crippen molar-refractivity contribution in [3.63, 3.8) is 0 Å². The fourth-order valence-corrected chi connectivity index (χ4v) is 1.90. The molecule has 2 atom stereocenters. The van der Waals surface area contributed by atoms with Crippen LogP contribution in [-0.2, 0) is 33.3 Å². The minimum atomic E-state index is -0.832. The molecule has 0 rings (SSSR count). The average Bonchev–Trinajstić information content (AvgIpc) is 2.69. The van der Waals surface area contributed by atoms with Crippen LogP contribution in [0.2, 0.25) is 0 Å². The Labute approximate surface area is 161 Å². The second-order valence-electron chi connectivity index (χ2n) is 5.74. The summed E-state index contributed by atoms with van der Waals surface area (Å²) in [6.07, 6.45) is 4.78. The highest BCUT2D eigenvalue weighted by atomic mass is 16.6. The summed E-state index contributed by atoms with van der Waals surface area (Å²) in [5, 5.41) is 9.55. The van der Waals surface area contributed by atoms with Crippen molar-refractivity contribution in [2.24, 2.45) is 0 Å². The van der Waals surface area contributed by atoms with Crippen LogP contribution in [0.25, 0.3) is 0 Å². The van der Waals surface area contributed by atoms with Crippen molar-refractivity contribution in [2.75, 3.05) is 46.8 Å². The van der Waals surface area contributed by atoms with Crippen molar-refractivity contribution in [3.8, 4) is 0 Å². The summed E-state index contributed by atoms with van der Waals surface area (Å²) >= 11 is 0. The van der Waals surface area contributed by atoms with E-state index in [1.165, 1.54) is 7.11 Å². The number of carbonyl (C=O) groups excluding carboxylic acids is 2. The van der Waals surface area contributed by atoms with E-state index in [0.29, 0.717) is 19.8 Å². The van der Waals surface area contributed by atoms with Gasteiger partial charge in [0.15, 0.2) is 0 Å². The summed E-state index contributed by atoms with van der Waals surface area (Å²) < 4.78 is 25.6. The van der Waals surface area contributed by atoms with Crippen LogP contribution in [0.3, 0.4) is 0 Å². The second kappa shape index (κ2) is 17.7. The predicted octanol–water partition coefficient (Wildman–Crippen LogP) is 1.41. The lowest BCUT2D eigenvalue weighted by atomic mass is 10.2. The topological polar surface area (TPSA) is 101 Å². The van der Waals surface area contributed by atoms with Crippen molar-refractivity contribution in [2.45, 2.75) is 37.9 Å². The first kappa shape index (κ1) is 25.3. The van der Waals surface area contributed by atoms with Gasteiger partial charge in [-0.3, -0.25) is 0 Å². The first-order chi connectivity index (χ1) is 13.0. The lowest BCUT2D eigenvalue weighted by Gasteiger charge is -2.15. The summed E-state index contributed by atoms with van der Waals surface area (Å²) in [5.41, 5.74) is 0. The maximum absolute atomic E-state index is 11.0. The molecule has 0 radical (unpaired) electrons. The normalized spacial score (nSPS) is 12.8. The molecule has 156 valence electrons. The molecule has 2 unspecified atom stereocenters.